The molecule has 7 nitrogen and oxygen atoms in total. The molecule has 2 bridgehead atoms. The lowest BCUT2D eigenvalue weighted by atomic mass is 9.94. The minimum atomic E-state index is -1.12. The zero-order chi connectivity index (χ0) is 30.9. The van der Waals surface area contributed by atoms with E-state index in [2.05, 4.69) is 35.7 Å². The van der Waals surface area contributed by atoms with Gasteiger partial charge < -0.3 is 19.9 Å². The Kier molecular flexibility index (Phi) is 10.7. The molecule has 7 heteroatoms. The zero-order valence-corrected chi connectivity index (χ0v) is 25.8. The van der Waals surface area contributed by atoms with Crippen molar-refractivity contribution in [2.75, 3.05) is 26.4 Å². The van der Waals surface area contributed by atoms with Gasteiger partial charge in [0.15, 0.2) is 0 Å². The normalized spacial score (nSPS) is 20.7. The van der Waals surface area contributed by atoms with Crippen LogP contribution in [0.15, 0.2) is 84.9 Å². The van der Waals surface area contributed by atoms with Crippen LogP contribution in [0.2, 0.25) is 0 Å². The number of ether oxygens (including phenoxy) is 2. The van der Waals surface area contributed by atoms with E-state index in [1.165, 1.54) is 4.90 Å². The topological polar surface area (TPSA) is 88.1 Å². The minimum absolute atomic E-state index is 0.117. The molecular weight excluding hydrogens is 552 g/mol. The summed E-state index contributed by atoms with van der Waals surface area (Å²) in [5.41, 5.74) is 5.24. The fraction of sp³-hybridized carbons (Fsp3) is 0.405. The van der Waals surface area contributed by atoms with Gasteiger partial charge in [-0.2, -0.15) is 0 Å². The van der Waals surface area contributed by atoms with Crippen molar-refractivity contribution in [1.29, 1.82) is 0 Å². The number of nitrogens with zero attached hydrogens (tertiary/aromatic N) is 1. The average molecular weight is 597 g/mol. The maximum absolute atomic E-state index is 14.1. The third kappa shape index (κ3) is 7.69. The van der Waals surface area contributed by atoms with Crippen molar-refractivity contribution >= 4 is 12.0 Å². The highest BCUT2D eigenvalue weighted by Crippen LogP contribution is 2.45. The van der Waals surface area contributed by atoms with Crippen LogP contribution in [0, 0.1) is 5.92 Å². The molecule has 0 aromatic heterocycles. The second-order valence-electron chi connectivity index (χ2n) is 12.1. The van der Waals surface area contributed by atoms with Crippen molar-refractivity contribution < 1.29 is 24.2 Å². The first-order chi connectivity index (χ1) is 21.4. The Morgan fingerprint density at radius 2 is 1.61 bits per heavy atom. The van der Waals surface area contributed by atoms with Crippen LogP contribution in [-0.2, 0) is 16.0 Å². The molecule has 2 heterocycles. The second kappa shape index (κ2) is 15.1. The lowest BCUT2D eigenvalue weighted by Crippen LogP contribution is -2.55. The molecule has 3 aromatic carbocycles. The summed E-state index contributed by atoms with van der Waals surface area (Å²) in [4.78, 5) is 28.5. The lowest BCUT2D eigenvalue weighted by Gasteiger charge is -2.33. The standard InChI is InChI=1S/C37H44N2O5/c1-26(2)34-25-43-21-11-5-3-4-6-12-22-44-28-19-17-27(18-20-28)23-35(36(40)38-34)39(37(41)42)24-33-31-15-9-7-13-29(31)30-14-8-10-16-32(30)33/h6-10,12-20,26,33-35H,3-5,11,21-25H2,1-2H3,(H,38,40)(H,41,42)/b12-6-/t34-,35-/m1/s1. The Bertz CT molecular complexity index is 1390. The highest BCUT2D eigenvalue weighted by Gasteiger charge is 2.37. The van der Waals surface area contributed by atoms with Gasteiger partial charge in [0.05, 0.1) is 12.6 Å². The van der Waals surface area contributed by atoms with Crippen molar-refractivity contribution in [2.45, 2.75) is 64.0 Å². The molecule has 44 heavy (non-hydrogen) atoms. The van der Waals surface area contributed by atoms with E-state index >= 15 is 0 Å². The van der Waals surface area contributed by atoms with E-state index < -0.39 is 12.1 Å². The molecule has 2 aliphatic heterocycles. The van der Waals surface area contributed by atoms with Crippen LogP contribution in [0.1, 0.15) is 62.1 Å². The van der Waals surface area contributed by atoms with Crippen LogP contribution >= 0.6 is 0 Å². The van der Waals surface area contributed by atoms with E-state index in [1.54, 1.807) is 0 Å². The molecule has 3 aliphatic rings. The molecule has 0 radical (unpaired) electrons. The fourth-order valence-corrected chi connectivity index (χ4v) is 6.14. The average Bonchev–Trinajstić information content (AvgIpc) is 3.34. The number of carbonyl (C=O) groups excluding carboxylic acids is 1. The van der Waals surface area contributed by atoms with Crippen LogP contribution in [0.5, 0.6) is 5.75 Å². The van der Waals surface area contributed by atoms with Gasteiger partial charge in [-0.3, -0.25) is 9.69 Å². The molecule has 2 N–H and O–H groups in total. The molecule has 6 rings (SSSR count). The Morgan fingerprint density at radius 3 is 2.27 bits per heavy atom. The van der Waals surface area contributed by atoms with E-state index in [9.17, 15) is 14.7 Å². The lowest BCUT2D eigenvalue weighted by molar-refractivity contribution is -0.127. The maximum atomic E-state index is 14.1. The van der Waals surface area contributed by atoms with Gasteiger partial charge in [-0.15, -0.1) is 0 Å². The number of hydrogen-bond donors (Lipinski definition) is 2. The van der Waals surface area contributed by atoms with Crippen LogP contribution < -0.4 is 10.1 Å². The Hall–Kier alpha value is -4.10. The second-order valence-corrected chi connectivity index (χ2v) is 12.1. The van der Waals surface area contributed by atoms with Gasteiger partial charge in [-0.05, 0) is 65.1 Å². The minimum Gasteiger partial charge on any atom is -0.490 e. The number of rotatable bonds is 4. The van der Waals surface area contributed by atoms with Crippen LogP contribution in [0.4, 0.5) is 4.79 Å². The fourth-order valence-electron chi connectivity index (χ4n) is 6.14. The Balaban J connectivity index is 1.46. The molecule has 1 aliphatic carbocycles. The first-order valence-corrected chi connectivity index (χ1v) is 15.8. The van der Waals surface area contributed by atoms with Crippen molar-refractivity contribution in [1.82, 2.24) is 10.2 Å². The molecule has 232 valence electrons. The number of hydrogen-bond acceptors (Lipinski definition) is 4. The number of carboxylic acid groups (broad SMARTS) is 1. The third-order valence-electron chi connectivity index (χ3n) is 8.72. The summed E-state index contributed by atoms with van der Waals surface area (Å²) in [6.45, 7) is 5.77. The van der Waals surface area contributed by atoms with E-state index in [4.69, 9.17) is 9.47 Å². The molecule has 2 amide bonds. The van der Waals surface area contributed by atoms with E-state index in [-0.39, 0.29) is 36.8 Å². The number of fused-ring (bicyclic) bond motifs is 19. The van der Waals surface area contributed by atoms with Gasteiger partial charge in [0.2, 0.25) is 5.91 Å². The molecule has 0 spiro atoms. The SMILES string of the molecule is CC(C)[C@H]1COCCCCC/C=C\COc2ccc(cc2)C[C@@H](N(CC2c3ccccc3-c3ccccc32)C(=O)O)C(=O)N1. The highest BCUT2D eigenvalue weighted by molar-refractivity contribution is 5.86. The number of benzene rings is 3. The number of carbonyl (C=O) groups is 2. The Labute approximate surface area is 260 Å². The number of allylic oxidation sites excluding steroid dienone is 1. The summed E-state index contributed by atoms with van der Waals surface area (Å²) < 4.78 is 11.9. The van der Waals surface area contributed by atoms with Gasteiger partial charge >= 0.3 is 6.09 Å². The predicted molar refractivity (Wildman–Crippen MR) is 173 cm³/mol. The van der Waals surface area contributed by atoms with Gasteiger partial charge in [-0.1, -0.05) is 93.1 Å². The smallest absolute Gasteiger partial charge is 0.408 e. The van der Waals surface area contributed by atoms with Gasteiger partial charge in [0.25, 0.3) is 0 Å². The molecule has 0 unspecified atom stereocenters. The first kappa shape index (κ1) is 31.3. The van der Waals surface area contributed by atoms with Gasteiger partial charge in [0, 0.05) is 25.5 Å². The summed E-state index contributed by atoms with van der Waals surface area (Å²) in [7, 11) is 0. The Morgan fingerprint density at radius 1 is 0.932 bits per heavy atom. The van der Waals surface area contributed by atoms with Gasteiger partial charge in [0.1, 0.15) is 18.4 Å². The third-order valence-corrected chi connectivity index (χ3v) is 8.72. The van der Waals surface area contributed by atoms with Crippen molar-refractivity contribution in [3.8, 4) is 16.9 Å². The van der Waals surface area contributed by atoms with Crippen LogP contribution in [0.25, 0.3) is 11.1 Å². The summed E-state index contributed by atoms with van der Waals surface area (Å²) >= 11 is 0. The molecule has 2 atom stereocenters. The summed E-state index contributed by atoms with van der Waals surface area (Å²) in [5.74, 6) is 0.362. The van der Waals surface area contributed by atoms with Crippen LogP contribution in [0.3, 0.4) is 0 Å². The highest BCUT2D eigenvalue weighted by atomic mass is 16.5. The molecule has 0 saturated heterocycles. The van der Waals surface area contributed by atoms with Crippen LogP contribution in [-0.4, -0.2) is 60.5 Å². The largest absolute Gasteiger partial charge is 0.490 e. The first-order valence-electron chi connectivity index (χ1n) is 15.8. The number of amides is 2. The van der Waals surface area contributed by atoms with Gasteiger partial charge in [-0.25, -0.2) is 4.79 Å². The predicted octanol–water partition coefficient (Wildman–Crippen LogP) is 7.06. The van der Waals surface area contributed by atoms with E-state index in [0.29, 0.717) is 19.8 Å². The summed E-state index contributed by atoms with van der Waals surface area (Å²) in [6.07, 6.45) is 7.42. The molecule has 3 aromatic rings. The van der Waals surface area contributed by atoms with E-state index in [1.807, 2.05) is 68.5 Å². The molecular formula is C37H44N2O5. The monoisotopic (exact) mass is 596 g/mol. The zero-order valence-electron chi connectivity index (χ0n) is 25.8. The molecule has 0 fully saturated rings. The quantitative estimate of drug-likeness (QED) is 0.315. The summed E-state index contributed by atoms with van der Waals surface area (Å²) in [6, 6.07) is 22.7. The van der Waals surface area contributed by atoms with Crippen molar-refractivity contribution in [3.63, 3.8) is 0 Å². The summed E-state index contributed by atoms with van der Waals surface area (Å²) in [5, 5.41) is 13.8. The molecule has 0 saturated carbocycles. The maximum Gasteiger partial charge on any atom is 0.408 e. The van der Waals surface area contributed by atoms with Crippen molar-refractivity contribution in [2.24, 2.45) is 5.92 Å². The van der Waals surface area contributed by atoms with Crippen molar-refractivity contribution in [3.05, 3.63) is 102 Å². The van der Waals surface area contributed by atoms with E-state index in [0.717, 1.165) is 59.3 Å². The number of nitrogens with one attached hydrogen (secondary N) is 1.